The summed E-state index contributed by atoms with van der Waals surface area (Å²) in [5, 5.41) is -0.0804. The topological polar surface area (TPSA) is 9.23 Å². The maximum atomic E-state index is 13.1. The Kier molecular flexibility index (Phi) is 4.67. The summed E-state index contributed by atoms with van der Waals surface area (Å²) in [6.45, 7) is 0. The van der Waals surface area contributed by atoms with Gasteiger partial charge in [0.05, 0.1) is 7.11 Å². The second kappa shape index (κ2) is 6.08. The van der Waals surface area contributed by atoms with Crippen molar-refractivity contribution in [1.29, 1.82) is 0 Å². The van der Waals surface area contributed by atoms with Crippen molar-refractivity contribution >= 4 is 11.6 Å². The molecule has 0 heterocycles. The summed E-state index contributed by atoms with van der Waals surface area (Å²) in [7, 11) is 1.63. The third kappa shape index (κ3) is 4.07. The summed E-state index contributed by atoms with van der Waals surface area (Å²) in [4.78, 5) is 0. The van der Waals surface area contributed by atoms with E-state index in [4.69, 9.17) is 16.3 Å². The zero-order valence-electron chi connectivity index (χ0n) is 11.0. The van der Waals surface area contributed by atoms with Gasteiger partial charge >= 0.3 is 0 Å². The van der Waals surface area contributed by atoms with Gasteiger partial charge in [-0.2, -0.15) is 0 Å². The fourth-order valence-electron chi connectivity index (χ4n) is 2.62. The predicted octanol–water partition coefficient (Wildman–Crippen LogP) is 4.67. The van der Waals surface area contributed by atoms with Gasteiger partial charge in [-0.15, -0.1) is 11.6 Å². The van der Waals surface area contributed by atoms with Gasteiger partial charge in [-0.25, -0.2) is 8.78 Å². The standard InChI is InChI=1S/C15H19ClF2O/c1-19-13-4-2-3-11(9-13)10-14(16)12-5-7-15(17,18)8-6-12/h2-4,9,12,14H,5-8,10H2,1H3. The van der Waals surface area contributed by atoms with E-state index in [1.54, 1.807) is 7.11 Å². The van der Waals surface area contributed by atoms with Crippen LogP contribution in [0.1, 0.15) is 31.2 Å². The minimum Gasteiger partial charge on any atom is -0.497 e. The molecule has 0 amide bonds. The maximum Gasteiger partial charge on any atom is 0.248 e. The molecule has 2 rings (SSSR count). The lowest BCUT2D eigenvalue weighted by atomic mass is 9.83. The Balaban J connectivity index is 1.92. The van der Waals surface area contributed by atoms with E-state index < -0.39 is 5.92 Å². The minimum atomic E-state index is -2.48. The first-order chi connectivity index (χ1) is 9.00. The number of rotatable bonds is 4. The van der Waals surface area contributed by atoms with Crippen molar-refractivity contribution < 1.29 is 13.5 Å². The molecular weight excluding hydrogens is 270 g/mol. The van der Waals surface area contributed by atoms with Crippen LogP contribution in [-0.2, 0) is 6.42 Å². The Hall–Kier alpha value is -0.830. The van der Waals surface area contributed by atoms with Crippen LogP contribution in [0.4, 0.5) is 8.78 Å². The first-order valence-electron chi connectivity index (χ1n) is 6.65. The number of hydrogen-bond donors (Lipinski definition) is 0. The average molecular weight is 289 g/mol. The summed E-state index contributed by atoms with van der Waals surface area (Å²) in [6, 6.07) is 7.75. The van der Waals surface area contributed by atoms with Crippen molar-refractivity contribution in [2.45, 2.75) is 43.4 Å². The Morgan fingerprint density at radius 1 is 1.37 bits per heavy atom. The van der Waals surface area contributed by atoms with E-state index >= 15 is 0 Å². The van der Waals surface area contributed by atoms with Crippen LogP contribution in [0.3, 0.4) is 0 Å². The second-order valence-electron chi connectivity index (χ2n) is 5.27. The number of ether oxygens (including phenoxy) is 1. The molecule has 0 saturated heterocycles. The smallest absolute Gasteiger partial charge is 0.248 e. The Labute approximate surface area is 117 Å². The Morgan fingerprint density at radius 2 is 2.05 bits per heavy atom. The van der Waals surface area contributed by atoms with Crippen LogP contribution < -0.4 is 4.74 Å². The minimum absolute atomic E-state index is 0.0288. The SMILES string of the molecule is COc1cccc(CC(Cl)C2CCC(F)(F)CC2)c1. The molecule has 0 radical (unpaired) electrons. The monoisotopic (exact) mass is 288 g/mol. The fourth-order valence-corrected chi connectivity index (χ4v) is 3.05. The zero-order chi connectivity index (χ0) is 13.9. The molecule has 1 aliphatic carbocycles. The first kappa shape index (κ1) is 14.6. The van der Waals surface area contributed by atoms with Gasteiger partial charge in [0.15, 0.2) is 0 Å². The molecule has 0 spiro atoms. The summed E-state index contributed by atoms with van der Waals surface area (Å²) >= 11 is 6.40. The lowest BCUT2D eigenvalue weighted by Crippen LogP contribution is -2.29. The van der Waals surface area contributed by atoms with E-state index in [0.29, 0.717) is 19.3 Å². The summed E-state index contributed by atoms with van der Waals surface area (Å²) < 4.78 is 31.4. The number of methoxy groups -OCH3 is 1. The highest BCUT2D eigenvalue weighted by atomic mass is 35.5. The number of benzene rings is 1. The van der Waals surface area contributed by atoms with Crippen molar-refractivity contribution in [3.8, 4) is 5.75 Å². The van der Waals surface area contributed by atoms with Gasteiger partial charge in [-0.1, -0.05) is 12.1 Å². The maximum absolute atomic E-state index is 13.1. The highest BCUT2D eigenvalue weighted by Crippen LogP contribution is 2.39. The highest BCUT2D eigenvalue weighted by molar-refractivity contribution is 6.20. The molecule has 106 valence electrons. The fraction of sp³-hybridized carbons (Fsp3) is 0.600. The molecule has 1 aliphatic rings. The molecule has 0 bridgehead atoms. The quantitative estimate of drug-likeness (QED) is 0.732. The van der Waals surface area contributed by atoms with E-state index in [2.05, 4.69) is 0 Å². The van der Waals surface area contributed by atoms with E-state index in [9.17, 15) is 8.78 Å². The molecule has 1 fully saturated rings. The van der Waals surface area contributed by atoms with Gasteiger partial charge in [0.1, 0.15) is 5.75 Å². The van der Waals surface area contributed by atoms with Gasteiger partial charge in [-0.3, -0.25) is 0 Å². The molecule has 0 N–H and O–H groups in total. The average Bonchev–Trinajstić information content (AvgIpc) is 2.38. The third-order valence-electron chi connectivity index (χ3n) is 3.84. The molecule has 4 heteroatoms. The van der Waals surface area contributed by atoms with Gasteiger partial charge in [0, 0.05) is 18.2 Å². The molecule has 19 heavy (non-hydrogen) atoms. The van der Waals surface area contributed by atoms with Crippen molar-refractivity contribution in [3.05, 3.63) is 29.8 Å². The van der Waals surface area contributed by atoms with Crippen molar-refractivity contribution in [3.63, 3.8) is 0 Å². The molecule has 1 saturated carbocycles. The van der Waals surface area contributed by atoms with Crippen LogP contribution in [0.25, 0.3) is 0 Å². The van der Waals surface area contributed by atoms with Crippen molar-refractivity contribution in [2.24, 2.45) is 5.92 Å². The summed E-state index contributed by atoms with van der Waals surface area (Å²) in [5.74, 6) is -1.49. The van der Waals surface area contributed by atoms with Gasteiger partial charge in [0.25, 0.3) is 0 Å². The largest absolute Gasteiger partial charge is 0.497 e. The molecule has 1 aromatic carbocycles. The van der Waals surface area contributed by atoms with E-state index in [0.717, 1.165) is 11.3 Å². The molecule has 1 unspecified atom stereocenters. The van der Waals surface area contributed by atoms with E-state index in [1.807, 2.05) is 24.3 Å². The van der Waals surface area contributed by atoms with Crippen LogP contribution in [0.2, 0.25) is 0 Å². The number of halogens is 3. The number of hydrogen-bond acceptors (Lipinski definition) is 1. The molecular formula is C15H19ClF2O. The molecule has 1 nitrogen and oxygen atoms in total. The van der Waals surface area contributed by atoms with Crippen molar-refractivity contribution in [1.82, 2.24) is 0 Å². The molecule has 1 aromatic rings. The number of alkyl halides is 3. The van der Waals surface area contributed by atoms with Crippen LogP contribution in [-0.4, -0.2) is 18.4 Å². The van der Waals surface area contributed by atoms with Gasteiger partial charge < -0.3 is 4.74 Å². The Bertz CT molecular complexity index is 412. The van der Waals surface area contributed by atoms with Gasteiger partial charge in [0.2, 0.25) is 5.92 Å². The van der Waals surface area contributed by atoms with E-state index in [1.165, 1.54) is 0 Å². The first-order valence-corrected chi connectivity index (χ1v) is 7.09. The molecule has 0 aliphatic heterocycles. The van der Waals surface area contributed by atoms with Gasteiger partial charge in [-0.05, 0) is 42.9 Å². The van der Waals surface area contributed by atoms with Crippen molar-refractivity contribution in [2.75, 3.05) is 7.11 Å². The highest BCUT2D eigenvalue weighted by Gasteiger charge is 2.37. The predicted molar refractivity (Wildman–Crippen MR) is 73.2 cm³/mol. The summed E-state index contributed by atoms with van der Waals surface area (Å²) in [5.41, 5.74) is 1.09. The van der Waals surface area contributed by atoms with Crippen LogP contribution >= 0.6 is 11.6 Å². The zero-order valence-corrected chi connectivity index (χ0v) is 11.8. The van der Waals surface area contributed by atoms with E-state index in [-0.39, 0.29) is 24.1 Å². The lowest BCUT2D eigenvalue weighted by molar-refractivity contribution is -0.0459. The normalized spacial score (nSPS) is 21.1. The second-order valence-corrected chi connectivity index (χ2v) is 5.83. The summed E-state index contributed by atoms with van der Waals surface area (Å²) in [6.07, 6.45) is 1.68. The van der Waals surface area contributed by atoms with Crippen LogP contribution in [0.5, 0.6) is 5.75 Å². The molecule has 1 atom stereocenters. The van der Waals surface area contributed by atoms with Crippen LogP contribution in [0.15, 0.2) is 24.3 Å². The lowest BCUT2D eigenvalue weighted by Gasteiger charge is -2.31. The molecule has 0 aromatic heterocycles. The van der Waals surface area contributed by atoms with Crippen LogP contribution in [0, 0.1) is 5.92 Å². The third-order valence-corrected chi connectivity index (χ3v) is 4.35. The Morgan fingerprint density at radius 3 is 2.68 bits per heavy atom.